The van der Waals surface area contributed by atoms with Gasteiger partial charge in [-0.2, -0.15) is 4.79 Å². The van der Waals surface area contributed by atoms with Crippen molar-refractivity contribution in [1.82, 2.24) is 0 Å². The number of aliphatic hydroxyl groups is 1. The third kappa shape index (κ3) is 1.45. The van der Waals surface area contributed by atoms with Crippen molar-refractivity contribution >= 4 is 5.71 Å². The van der Waals surface area contributed by atoms with E-state index in [1.807, 2.05) is 0 Å². The van der Waals surface area contributed by atoms with Crippen molar-refractivity contribution in [3.05, 3.63) is 28.8 Å². The Kier molecular flexibility index (Phi) is 2.03. The molecular formula is C8H10N2O. The van der Waals surface area contributed by atoms with Gasteiger partial charge < -0.3 is 10.6 Å². The van der Waals surface area contributed by atoms with Crippen molar-refractivity contribution < 1.29 is 9.90 Å². The molecule has 1 N–H and O–H groups in total. The van der Waals surface area contributed by atoms with E-state index in [0.29, 0.717) is 5.71 Å². The van der Waals surface area contributed by atoms with E-state index in [1.54, 1.807) is 26.0 Å². The zero-order valence-corrected chi connectivity index (χ0v) is 6.57. The number of hydrogen-bond acceptors (Lipinski definition) is 1. The molecule has 0 heterocycles. The van der Waals surface area contributed by atoms with Gasteiger partial charge in [0.25, 0.3) is 0 Å². The Morgan fingerprint density at radius 3 is 2.18 bits per heavy atom. The molecule has 1 aliphatic rings. The lowest BCUT2D eigenvalue weighted by molar-refractivity contribution is -0.00390. The molecule has 0 amide bonds. The summed E-state index contributed by atoms with van der Waals surface area (Å²) >= 11 is 0. The van der Waals surface area contributed by atoms with Gasteiger partial charge in [0.2, 0.25) is 0 Å². The van der Waals surface area contributed by atoms with Crippen LogP contribution in [0.2, 0.25) is 0 Å². The lowest BCUT2D eigenvalue weighted by Crippen LogP contribution is -2.14. The molecule has 0 aromatic rings. The smallest absolute Gasteiger partial charge is 0.320 e. The topological polar surface area (TPSA) is 56.6 Å². The van der Waals surface area contributed by atoms with E-state index in [2.05, 4.69) is 4.79 Å². The molecule has 0 radical (unpaired) electrons. The van der Waals surface area contributed by atoms with E-state index in [0.717, 1.165) is 11.1 Å². The van der Waals surface area contributed by atoms with Crippen LogP contribution >= 0.6 is 0 Å². The van der Waals surface area contributed by atoms with Gasteiger partial charge in [-0.1, -0.05) is 0 Å². The first kappa shape index (κ1) is 7.92. The Bertz CT molecular complexity index is 260. The van der Waals surface area contributed by atoms with Crippen LogP contribution < -0.4 is 0 Å². The second kappa shape index (κ2) is 2.82. The van der Waals surface area contributed by atoms with Crippen LogP contribution in [0, 0.1) is 0 Å². The number of nitrogens with zero attached hydrogens (tertiary/aromatic N) is 2. The second-order valence-corrected chi connectivity index (χ2v) is 2.64. The van der Waals surface area contributed by atoms with Crippen molar-refractivity contribution in [1.29, 1.82) is 0 Å². The molecule has 0 saturated heterocycles. The third-order valence-electron chi connectivity index (χ3n) is 1.69. The molecule has 0 spiro atoms. The largest absolute Gasteiger partial charge is 0.385 e. The molecule has 0 aliphatic heterocycles. The first-order valence-corrected chi connectivity index (χ1v) is 3.43. The fraction of sp³-hybridized carbons (Fsp3) is 0.375. The number of rotatable bonds is 0. The molecule has 0 fully saturated rings. The maximum absolute atomic E-state index is 9.17. The van der Waals surface area contributed by atoms with Crippen molar-refractivity contribution in [2.24, 2.45) is 0 Å². The van der Waals surface area contributed by atoms with E-state index < -0.39 is 6.10 Å². The zero-order valence-electron chi connectivity index (χ0n) is 6.57. The van der Waals surface area contributed by atoms with Crippen LogP contribution in [0.15, 0.2) is 23.3 Å². The average Bonchev–Trinajstić information content (AvgIpc) is 1.85. The summed E-state index contributed by atoms with van der Waals surface area (Å²) in [6.45, 7) is 3.60. The van der Waals surface area contributed by atoms with Crippen molar-refractivity contribution in [2.75, 3.05) is 0 Å². The van der Waals surface area contributed by atoms with Gasteiger partial charge in [-0.05, 0) is 26.0 Å². The Morgan fingerprint density at radius 2 is 1.82 bits per heavy atom. The molecule has 58 valence electrons. The summed E-state index contributed by atoms with van der Waals surface area (Å²) in [4.78, 5) is 3.11. The minimum atomic E-state index is -0.541. The zero-order chi connectivity index (χ0) is 8.43. The SMILES string of the molecule is CC1=CC(O)C=C(C)C1=[N+]=[N-]. The molecule has 3 nitrogen and oxygen atoms in total. The van der Waals surface area contributed by atoms with Crippen LogP contribution in [0.5, 0.6) is 0 Å². The summed E-state index contributed by atoms with van der Waals surface area (Å²) in [7, 11) is 0. The maximum atomic E-state index is 9.17. The van der Waals surface area contributed by atoms with Gasteiger partial charge in [0.05, 0.1) is 6.10 Å². The lowest BCUT2D eigenvalue weighted by atomic mass is 9.97. The third-order valence-corrected chi connectivity index (χ3v) is 1.69. The quantitative estimate of drug-likeness (QED) is 0.405. The van der Waals surface area contributed by atoms with Crippen LogP contribution in [-0.4, -0.2) is 21.7 Å². The minimum absolute atomic E-state index is 0.541. The van der Waals surface area contributed by atoms with Gasteiger partial charge in [0.1, 0.15) is 0 Å². The van der Waals surface area contributed by atoms with Gasteiger partial charge in [-0.15, -0.1) is 0 Å². The highest BCUT2D eigenvalue weighted by molar-refractivity contribution is 6.08. The molecular weight excluding hydrogens is 140 g/mol. The molecule has 1 rings (SSSR count). The normalized spacial score (nSPS) is 23.9. The molecule has 0 bridgehead atoms. The molecule has 0 atom stereocenters. The van der Waals surface area contributed by atoms with Crippen LogP contribution in [-0.2, 0) is 0 Å². The Morgan fingerprint density at radius 1 is 1.36 bits per heavy atom. The van der Waals surface area contributed by atoms with Gasteiger partial charge in [-0.3, -0.25) is 0 Å². The molecule has 3 heteroatoms. The molecule has 0 aromatic heterocycles. The second-order valence-electron chi connectivity index (χ2n) is 2.64. The van der Waals surface area contributed by atoms with E-state index in [-0.39, 0.29) is 0 Å². The van der Waals surface area contributed by atoms with E-state index in [9.17, 15) is 5.11 Å². The maximum Gasteiger partial charge on any atom is 0.320 e. The highest BCUT2D eigenvalue weighted by atomic mass is 16.3. The van der Waals surface area contributed by atoms with E-state index in [1.165, 1.54) is 0 Å². The number of hydrogen-bond donors (Lipinski definition) is 1. The van der Waals surface area contributed by atoms with Gasteiger partial charge in [-0.25, -0.2) is 0 Å². The van der Waals surface area contributed by atoms with Crippen molar-refractivity contribution in [2.45, 2.75) is 20.0 Å². The highest BCUT2D eigenvalue weighted by Crippen LogP contribution is 2.13. The van der Waals surface area contributed by atoms with Crippen LogP contribution in [0.25, 0.3) is 5.53 Å². The summed E-state index contributed by atoms with van der Waals surface area (Å²) < 4.78 is 0. The standard InChI is InChI=1S/C8H10N2O/c1-5-3-7(11)4-6(2)8(5)10-9/h3-4,7,11H,1-2H3. The summed E-state index contributed by atoms with van der Waals surface area (Å²) in [5.74, 6) is 0. The van der Waals surface area contributed by atoms with E-state index in [4.69, 9.17) is 5.53 Å². The summed E-state index contributed by atoms with van der Waals surface area (Å²) in [5, 5.41) is 9.17. The van der Waals surface area contributed by atoms with Crippen LogP contribution in [0.3, 0.4) is 0 Å². The van der Waals surface area contributed by atoms with Crippen LogP contribution in [0.1, 0.15) is 13.8 Å². The Labute approximate surface area is 65.3 Å². The fourth-order valence-electron chi connectivity index (χ4n) is 1.19. The molecule has 0 saturated carbocycles. The lowest BCUT2D eigenvalue weighted by Gasteiger charge is -2.07. The number of aliphatic hydroxyl groups excluding tert-OH is 1. The molecule has 0 unspecified atom stereocenters. The first-order chi connectivity index (χ1) is 5.15. The summed E-state index contributed by atoms with van der Waals surface area (Å²) in [6.07, 6.45) is 2.74. The highest BCUT2D eigenvalue weighted by Gasteiger charge is 2.19. The fourth-order valence-corrected chi connectivity index (χ4v) is 1.19. The molecule has 1 aliphatic carbocycles. The predicted octanol–water partition coefficient (Wildman–Crippen LogP) is 0.924. The predicted molar refractivity (Wildman–Crippen MR) is 42.1 cm³/mol. The average molecular weight is 150 g/mol. The van der Waals surface area contributed by atoms with Gasteiger partial charge in [0.15, 0.2) is 0 Å². The summed E-state index contributed by atoms with van der Waals surface area (Å²) in [6, 6.07) is 0. The number of allylic oxidation sites excluding steroid dienone is 2. The molecule has 0 aromatic carbocycles. The molecule has 11 heavy (non-hydrogen) atoms. The summed E-state index contributed by atoms with van der Waals surface area (Å²) in [5.41, 5.74) is 10.7. The monoisotopic (exact) mass is 150 g/mol. The Hall–Kier alpha value is -1.18. The first-order valence-electron chi connectivity index (χ1n) is 3.43. The van der Waals surface area contributed by atoms with E-state index >= 15 is 0 Å². The van der Waals surface area contributed by atoms with Gasteiger partial charge in [0, 0.05) is 11.1 Å². The van der Waals surface area contributed by atoms with Crippen molar-refractivity contribution in [3.63, 3.8) is 0 Å². The van der Waals surface area contributed by atoms with Crippen molar-refractivity contribution in [3.8, 4) is 0 Å². The van der Waals surface area contributed by atoms with Gasteiger partial charge >= 0.3 is 5.71 Å². The van der Waals surface area contributed by atoms with Crippen LogP contribution in [0.4, 0.5) is 0 Å². The minimum Gasteiger partial charge on any atom is -0.385 e. The Balaban J connectivity index is 3.11.